The molecule has 1 N–H and O–H groups in total. The van der Waals surface area contributed by atoms with Gasteiger partial charge in [0.1, 0.15) is 6.23 Å². The van der Waals surface area contributed by atoms with E-state index in [-0.39, 0.29) is 12.3 Å². The molecule has 0 aliphatic carbocycles. The van der Waals surface area contributed by atoms with Crippen molar-refractivity contribution in [3.05, 3.63) is 12.3 Å². The number of carbonyl (C=O) groups excluding carboxylic acids is 2. The molecular weight excluding hydrogens is 294 g/mol. The number of carbonyl (C=O) groups is 2. The summed E-state index contributed by atoms with van der Waals surface area (Å²) < 4.78 is 19.6. The molecule has 2 fully saturated rings. The molecule has 2 heterocycles. The third-order valence-electron chi connectivity index (χ3n) is 3.62. The molecule has 2 saturated heterocycles. The van der Waals surface area contributed by atoms with Gasteiger partial charge in [0.2, 0.25) is 6.41 Å². The van der Waals surface area contributed by atoms with Gasteiger partial charge >= 0.3 is 0 Å². The molecule has 0 bridgehead atoms. The van der Waals surface area contributed by atoms with E-state index >= 15 is 0 Å². The van der Waals surface area contributed by atoms with Crippen molar-refractivity contribution in [1.29, 1.82) is 0 Å². The van der Waals surface area contributed by atoms with Gasteiger partial charge in [-0.25, -0.2) is 8.51 Å². The second-order valence-electron chi connectivity index (χ2n) is 5.16. The summed E-state index contributed by atoms with van der Waals surface area (Å²) in [6, 6.07) is 0. The molecule has 2 aliphatic rings. The lowest BCUT2D eigenvalue weighted by Crippen LogP contribution is -2.33. The van der Waals surface area contributed by atoms with Crippen molar-refractivity contribution in [1.82, 2.24) is 14.5 Å². The molecular formula is C13H21N3O4S. The highest BCUT2D eigenvalue weighted by Gasteiger charge is 2.31. The highest BCUT2D eigenvalue weighted by Crippen LogP contribution is 2.24. The molecule has 8 heteroatoms. The van der Waals surface area contributed by atoms with E-state index in [1.54, 1.807) is 6.20 Å². The van der Waals surface area contributed by atoms with Gasteiger partial charge in [-0.1, -0.05) is 0 Å². The zero-order chi connectivity index (χ0) is 15.2. The summed E-state index contributed by atoms with van der Waals surface area (Å²) in [5.74, 6) is 0.295. The zero-order valence-corrected chi connectivity index (χ0v) is 12.9. The maximum atomic E-state index is 11.7. The predicted molar refractivity (Wildman–Crippen MR) is 78.2 cm³/mol. The van der Waals surface area contributed by atoms with Gasteiger partial charge in [-0.2, -0.15) is 0 Å². The molecule has 0 saturated carbocycles. The van der Waals surface area contributed by atoms with Crippen LogP contribution in [-0.2, 0) is 25.3 Å². The van der Waals surface area contributed by atoms with Crippen LogP contribution in [0.3, 0.4) is 0 Å². The Kier molecular flexibility index (Phi) is 5.89. The van der Waals surface area contributed by atoms with Crippen molar-refractivity contribution in [2.75, 3.05) is 25.9 Å². The Labute approximate surface area is 126 Å². The summed E-state index contributed by atoms with van der Waals surface area (Å²) in [5.41, 5.74) is 0. The molecule has 3 unspecified atom stereocenters. The van der Waals surface area contributed by atoms with Crippen LogP contribution < -0.4 is 5.32 Å². The molecule has 2 aliphatic heterocycles. The smallest absolute Gasteiger partial charge is 0.251 e. The third kappa shape index (κ3) is 4.62. The molecule has 3 atom stereocenters. The number of rotatable bonds is 6. The van der Waals surface area contributed by atoms with E-state index in [0.717, 1.165) is 31.6 Å². The molecule has 0 aromatic rings. The fraction of sp³-hybridized carbons (Fsp3) is 0.692. The van der Waals surface area contributed by atoms with E-state index in [1.807, 2.05) is 21.6 Å². The molecule has 2 rings (SSSR count). The Morgan fingerprint density at radius 2 is 2.33 bits per heavy atom. The first-order chi connectivity index (χ1) is 10.1. The maximum Gasteiger partial charge on any atom is 0.251 e. The van der Waals surface area contributed by atoms with Crippen molar-refractivity contribution in [2.24, 2.45) is 0 Å². The summed E-state index contributed by atoms with van der Waals surface area (Å²) in [7, 11) is 0.974. The highest BCUT2D eigenvalue weighted by atomic mass is 32.2. The normalized spacial score (nSPS) is 29.9. The quantitative estimate of drug-likeness (QED) is 0.532. The largest absolute Gasteiger partial charge is 0.355 e. The molecule has 21 heavy (non-hydrogen) atoms. The number of hydrogen-bond acceptors (Lipinski definition) is 5. The van der Waals surface area contributed by atoms with Crippen LogP contribution in [0.15, 0.2) is 12.3 Å². The van der Waals surface area contributed by atoms with E-state index in [9.17, 15) is 13.8 Å². The number of nitrogens with zero attached hydrogens (tertiary/aromatic N) is 2. The fourth-order valence-corrected chi connectivity index (χ4v) is 3.80. The van der Waals surface area contributed by atoms with Crippen molar-refractivity contribution >= 4 is 23.3 Å². The molecule has 2 amide bonds. The Bertz CT molecular complexity index is 443. The predicted octanol–water partition coefficient (Wildman–Crippen LogP) is -0.421. The summed E-state index contributed by atoms with van der Waals surface area (Å²) in [5, 5.41) is 2.04. The lowest BCUT2D eigenvalue weighted by atomic mass is 10.2. The Balaban J connectivity index is 1.77. The van der Waals surface area contributed by atoms with Crippen molar-refractivity contribution in [2.45, 2.75) is 31.6 Å². The monoisotopic (exact) mass is 315 g/mol. The van der Waals surface area contributed by atoms with E-state index in [0.29, 0.717) is 13.0 Å². The topological polar surface area (TPSA) is 79.0 Å². The van der Waals surface area contributed by atoms with Gasteiger partial charge in [0.05, 0.1) is 17.1 Å². The lowest BCUT2D eigenvalue weighted by molar-refractivity contribution is -0.121. The molecule has 0 aromatic heterocycles. The van der Waals surface area contributed by atoms with Crippen LogP contribution in [0.4, 0.5) is 0 Å². The van der Waals surface area contributed by atoms with Crippen molar-refractivity contribution in [3.63, 3.8) is 0 Å². The van der Waals surface area contributed by atoms with E-state index in [2.05, 4.69) is 0 Å². The lowest BCUT2D eigenvalue weighted by Gasteiger charge is -2.24. The minimum atomic E-state index is -0.851. The zero-order valence-electron chi connectivity index (χ0n) is 12.1. The Morgan fingerprint density at radius 1 is 1.52 bits per heavy atom. The van der Waals surface area contributed by atoms with Crippen molar-refractivity contribution < 1.29 is 18.5 Å². The Hall–Kier alpha value is -1.25. The third-order valence-corrected chi connectivity index (χ3v) is 5.17. The molecule has 0 spiro atoms. The van der Waals surface area contributed by atoms with Gasteiger partial charge in [0.15, 0.2) is 0 Å². The van der Waals surface area contributed by atoms with Crippen molar-refractivity contribution in [3.8, 4) is 0 Å². The number of hydrogen-bond donors (Lipinski definition) is 1. The Morgan fingerprint density at radius 3 is 3.00 bits per heavy atom. The number of imide groups is 1. The van der Waals surface area contributed by atoms with Crippen LogP contribution >= 0.6 is 0 Å². The summed E-state index contributed by atoms with van der Waals surface area (Å²) >= 11 is 0. The maximum absolute atomic E-state index is 11.7. The van der Waals surface area contributed by atoms with Gasteiger partial charge in [0.25, 0.3) is 5.91 Å². The summed E-state index contributed by atoms with van der Waals surface area (Å²) in [6.45, 7) is 1.57. The van der Waals surface area contributed by atoms with E-state index < -0.39 is 16.9 Å². The van der Waals surface area contributed by atoms with Crippen LogP contribution in [0.1, 0.15) is 19.3 Å². The van der Waals surface area contributed by atoms with Crippen LogP contribution in [0.2, 0.25) is 0 Å². The molecule has 0 aromatic carbocycles. The minimum Gasteiger partial charge on any atom is -0.355 e. The number of amides is 2. The SMILES string of the molecule is CN(/C=C\C(=O)NC=O)C1CCC(CN2CCCS2=O)O1. The van der Waals surface area contributed by atoms with Gasteiger partial charge in [-0.15, -0.1) is 0 Å². The average Bonchev–Trinajstić information content (AvgIpc) is 3.07. The summed E-state index contributed by atoms with van der Waals surface area (Å²) in [4.78, 5) is 23.1. The first kappa shape index (κ1) is 16.1. The standard InChI is InChI=1S/C13H21N3O4S/c1-15(7-5-12(18)14-10-17)13-4-3-11(20-13)9-16-6-2-8-21(16)19/h5,7,10-11,13H,2-4,6,8-9H2,1H3,(H,14,17,18)/b7-5-. The second-order valence-corrected chi connectivity index (χ2v) is 6.73. The van der Waals surface area contributed by atoms with Gasteiger partial charge in [0, 0.05) is 38.2 Å². The van der Waals surface area contributed by atoms with Crippen LogP contribution in [0.5, 0.6) is 0 Å². The van der Waals surface area contributed by atoms with E-state index in [4.69, 9.17) is 4.74 Å². The average molecular weight is 315 g/mol. The molecule has 0 radical (unpaired) electrons. The number of ether oxygens (including phenoxy) is 1. The fourth-order valence-electron chi connectivity index (χ4n) is 2.50. The minimum absolute atomic E-state index is 0.0803. The molecule has 118 valence electrons. The van der Waals surface area contributed by atoms with Crippen LogP contribution in [-0.4, -0.2) is 64.0 Å². The van der Waals surface area contributed by atoms with Crippen LogP contribution in [0, 0.1) is 0 Å². The summed E-state index contributed by atoms with van der Waals surface area (Å²) in [6.07, 6.45) is 5.99. The first-order valence-electron chi connectivity index (χ1n) is 7.03. The van der Waals surface area contributed by atoms with Gasteiger partial charge < -0.3 is 9.64 Å². The van der Waals surface area contributed by atoms with Crippen LogP contribution in [0.25, 0.3) is 0 Å². The molecule has 7 nitrogen and oxygen atoms in total. The first-order valence-corrected chi connectivity index (χ1v) is 8.31. The highest BCUT2D eigenvalue weighted by molar-refractivity contribution is 7.82. The van der Waals surface area contributed by atoms with E-state index in [1.165, 1.54) is 6.08 Å². The number of nitrogens with one attached hydrogen (secondary N) is 1. The second kappa shape index (κ2) is 7.67. The van der Waals surface area contributed by atoms with Gasteiger partial charge in [-0.3, -0.25) is 14.9 Å². The van der Waals surface area contributed by atoms with Gasteiger partial charge in [-0.05, 0) is 19.3 Å².